The molecule has 4 amide bonds. The number of urea groups is 1. The standard InChI is InChI=1S/C19H19N3O3S2/c1-26-15-6-3-2-5-13(15)20-16(23)11-22-17(24)19(21-18(22)25)9-4-7-14-12(19)8-10-27-14/h2-3,5-6,8,10H,4,7,9,11H2,1H3,(H,20,23)(H,21,25)/t19-/m1/s1. The number of benzene rings is 1. The molecule has 27 heavy (non-hydrogen) atoms. The molecule has 2 heterocycles. The molecule has 0 bridgehead atoms. The van der Waals surface area contributed by atoms with Gasteiger partial charge in [-0.05, 0) is 49.1 Å². The predicted molar refractivity (Wildman–Crippen MR) is 106 cm³/mol. The van der Waals surface area contributed by atoms with Gasteiger partial charge in [-0.15, -0.1) is 23.1 Å². The molecule has 1 saturated heterocycles. The van der Waals surface area contributed by atoms with E-state index in [9.17, 15) is 14.4 Å². The summed E-state index contributed by atoms with van der Waals surface area (Å²) in [5.41, 5.74) is 0.546. The highest BCUT2D eigenvalue weighted by Gasteiger charge is 2.54. The number of rotatable bonds is 4. The molecule has 8 heteroatoms. The van der Waals surface area contributed by atoms with Crippen LogP contribution in [0.3, 0.4) is 0 Å². The van der Waals surface area contributed by atoms with Crippen molar-refractivity contribution in [2.24, 2.45) is 0 Å². The number of hydrogen-bond acceptors (Lipinski definition) is 5. The molecule has 1 aromatic carbocycles. The van der Waals surface area contributed by atoms with Crippen molar-refractivity contribution >= 4 is 46.6 Å². The normalized spacial score (nSPS) is 21.3. The summed E-state index contributed by atoms with van der Waals surface area (Å²) in [6.45, 7) is -0.297. The Bertz CT molecular complexity index is 926. The minimum absolute atomic E-state index is 0.297. The average molecular weight is 402 g/mol. The van der Waals surface area contributed by atoms with E-state index in [0.717, 1.165) is 33.1 Å². The van der Waals surface area contributed by atoms with Crippen LogP contribution in [0.2, 0.25) is 0 Å². The Hall–Kier alpha value is -2.32. The van der Waals surface area contributed by atoms with Crippen LogP contribution in [0, 0.1) is 0 Å². The molecule has 6 nitrogen and oxygen atoms in total. The molecule has 1 aromatic heterocycles. The fourth-order valence-electron chi connectivity index (χ4n) is 3.77. The molecule has 1 aliphatic heterocycles. The lowest BCUT2D eigenvalue weighted by Gasteiger charge is -2.31. The fraction of sp³-hybridized carbons (Fsp3) is 0.316. The number of anilines is 1. The van der Waals surface area contributed by atoms with Crippen LogP contribution in [0.4, 0.5) is 10.5 Å². The van der Waals surface area contributed by atoms with Crippen molar-refractivity contribution in [3.8, 4) is 0 Å². The van der Waals surface area contributed by atoms with Gasteiger partial charge in [0.25, 0.3) is 5.91 Å². The summed E-state index contributed by atoms with van der Waals surface area (Å²) in [5.74, 6) is -0.724. The smallest absolute Gasteiger partial charge is 0.324 e. The zero-order valence-electron chi connectivity index (χ0n) is 14.8. The van der Waals surface area contributed by atoms with E-state index in [2.05, 4.69) is 10.6 Å². The van der Waals surface area contributed by atoms with Gasteiger partial charge in [0, 0.05) is 15.3 Å². The number of fused-ring (bicyclic) bond motifs is 2. The maximum Gasteiger partial charge on any atom is 0.325 e. The Morgan fingerprint density at radius 1 is 1.33 bits per heavy atom. The van der Waals surface area contributed by atoms with Gasteiger partial charge in [-0.25, -0.2) is 4.79 Å². The Morgan fingerprint density at radius 3 is 2.96 bits per heavy atom. The zero-order valence-corrected chi connectivity index (χ0v) is 16.4. The maximum atomic E-state index is 13.1. The quantitative estimate of drug-likeness (QED) is 0.609. The summed E-state index contributed by atoms with van der Waals surface area (Å²) < 4.78 is 0. The minimum atomic E-state index is -1.01. The number of aryl methyl sites for hydroxylation is 1. The first kappa shape index (κ1) is 18.1. The van der Waals surface area contributed by atoms with E-state index >= 15 is 0 Å². The SMILES string of the molecule is CSc1ccccc1NC(=O)CN1C(=O)N[C@@]2(CCCc3sccc32)C1=O. The van der Waals surface area contributed by atoms with Crippen LogP contribution in [0.5, 0.6) is 0 Å². The predicted octanol–water partition coefficient (Wildman–Crippen LogP) is 3.19. The van der Waals surface area contributed by atoms with Crippen molar-refractivity contribution < 1.29 is 14.4 Å². The molecule has 4 rings (SSSR count). The number of thiophene rings is 1. The Morgan fingerprint density at radius 2 is 2.15 bits per heavy atom. The van der Waals surface area contributed by atoms with Crippen molar-refractivity contribution in [1.29, 1.82) is 0 Å². The highest BCUT2D eigenvalue weighted by atomic mass is 32.2. The molecule has 2 N–H and O–H groups in total. The molecule has 1 aliphatic carbocycles. The molecule has 0 radical (unpaired) electrons. The second kappa shape index (κ2) is 7.01. The third-order valence-electron chi connectivity index (χ3n) is 5.02. The second-order valence-corrected chi connectivity index (χ2v) is 8.43. The number of amides is 4. The van der Waals surface area contributed by atoms with Crippen molar-refractivity contribution in [1.82, 2.24) is 10.2 Å². The third kappa shape index (κ3) is 3.02. The molecular weight excluding hydrogens is 382 g/mol. The van der Waals surface area contributed by atoms with E-state index in [0.29, 0.717) is 12.1 Å². The van der Waals surface area contributed by atoms with Gasteiger partial charge in [0.2, 0.25) is 5.91 Å². The number of thioether (sulfide) groups is 1. The summed E-state index contributed by atoms with van der Waals surface area (Å²) in [6.07, 6.45) is 4.24. The van der Waals surface area contributed by atoms with E-state index < -0.39 is 17.5 Å². The van der Waals surface area contributed by atoms with Gasteiger partial charge in [0.15, 0.2) is 0 Å². The first-order chi connectivity index (χ1) is 13.0. The number of nitrogens with zero attached hydrogens (tertiary/aromatic N) is 1. The first-order valence-electron chi connectivity index (χ1n) is 8.69. The van der Waals surface area contributed by atoms with Crippen LogP contribution in [0.15, 0.2) is 40.6 Å². The monoisotopic (exact) mass is 401 g/mol. The summed E-state index contributed by atoms with van der Waals surface area (Å²) in [6, 6.07) is 8.84. The van der Waals surface area contributed by atoms with Crippen LogP contribution in [-0.2, 0) is 21.5 Å². The van der Waals surface area contributed by atoms with Crippen LogP contribution in [-0.4, -0.2) is 35.5 Å². The molecule has 2 aliphatic rings. The minimum Gasteiger partial charge on any atom is -0.324 e. The summed E-state index contributed by atoms with van der Waals surface area (Å²) in [4.78, 5) is 41.2. The Balaban J connectivity index is 1.53. The largest absolute Gasteiger partial charge is 0.325 e. The summed E-state index contributed by atoms with van der Waals surface area (Å²) in [5, 5.41) is 7.62. The maximum absolute atomic E-state index is 13.1. The Kier molecular flexibility index (Phi) is 4.69. The molecule has 0 saturated carbocycles. The van der Waals surface area contributed by atoms with E-state index in [1.165, 1.54) is 11.8 Å². The highest BCUT2D eigenvalue weighted by molar-refractivity contribution is 7.98. The van der Waals surface area contributed by atoms with Crippen molar-refractivity contribution in [3.63, 3.8) is 0 Å². The summed E-state index contributed by atoms with van der Waals surface area (Å²) >= 11 is 3.13. The lowest BCUT2D eigenvalue weighted by molar-refractivity contribution is -0.134. The first-order valence-corrected chi connectivity index (χ1v) is 10.8. The lowest BCUT2D eigenvalue weighted by atomic mass is 9.80. The van der Waals surface area contributed by atoms with E-state index in [1.807, 2.05) is 35.9 Å². The van der Waals surface area contributed by atoms with Crippen LogP contribution < -0.4 is 10.6 Å². The summed E-state index contributed by atoms with van der Waals surface area (Å²) in [7, 11) is 0. The van der Waals surface area contributed by atoms with Crippen LogP contribution in [0.1, 0.15) is 23.3 Å². The molecule has 140 valence electrons. The Labute approximate surface area is 165 Å². The van der Waals surface area contributed by atoms with Gasteiger partial charge in [-0.1, -0.05) is 12.1 Å². The molecule has 1 atom stereocenters. The fourth-order valence-corrected chi connectivity index (χ4v) is 5.32. The highest BCUT2D eigenvalue weighted by Crippen LogP contribution is 2.42. The molecular formula is C19H19N3O3S2. The third-order valence-corrected chi connectivity index (χ3v) is 6.80. The average Bonchev–Trinajstić information content (AvgIpc) is 3.23. The lowest BCUT2D eigenvalue weighted by Crippen LogP contribution is -2.46. The van der Waals surface area contributed by atoms with Gasteiger partial charge in [0.1, 0.15) is 12.1 Å². The van der Waals surface area contributed by atoms with Crippen molar-refractivity contribution in [2.45, 2.75) is 29.7 Å². The number of carbonyl (C=O) groups excluding carboxylic acids is 3. The van der Waals surface area contributed by atoms with Gasteiger partial charge in [0.05, 0.1) is 5.69 Å². The van der Waals surface area contributed by atoms with Crippen molar-refractivity contribution in [3.05, 3.63) is 46.2 Å². The molecule has 0 unspecified atom stereocenters. The molecule has 2 aromatic rings. The number of hydrogen-bond donors (Lipinski definition) is 2. The number of carbonyl (C=O) groups is 3. The van der Waals surface area contributed by atoms with E-state index in [1.54, 1.807) is 17.4 Å². The topological polar surface area (TPSA) is 78.5 Å². The van der Waals surface area contributed by atoms with Gasteiger partial charge in [-0.2, -0.15) is 0 Å². The van der Waals surface area contributed by atoms with Crippen LogP contribution in [0.25, 0.3) is 0 Å². The molecule has 1 fully saturated rings. The number of nitrogens with one attached hydrogen (secondary N) is 2. The van der Waals surface area contributed by atoms with Gasteiger partial charge >= 0.3 is 6.03 Å². The van der Waals surface area contributed by atoms with Gasteiger partial charge in [-0.3, -0.25) is 14.5 Å². The number of para-hydroxylation sites is 1. The van der Waals surface area contributed by atoms with E-state index in [4.69, 9.17) is 0 Å². The zero-order chi connectivity index (χ0) is 19.0. The molecule has 1 spiro atoms. The van der Waals surface area contributed by atoms with Crippen molar-refractivity contribution in [2.75, 3.05) is 18.1 Å². The van der Waals surface area contributed by atoms with E-state index in [-0.39, 0.29) is 12.5 Å². The van der Waals surface area contributed by atoms with Gasteiger partial charge < -0.3 is 10.6 Å². The second-order valence-electron chi connectivity index (χ2n) is 6.59. The number of imide groups is 1. The van der Waals surface area contributed by atoms with Crippen LogP contribution >= 0.6 is 23.1 Å².